The number of hydrogen-bond acceptors (Lipinski definition) is 4. The largest absolute Gasteiger partial charge is 0.457 e. The van der Waals surface area contributed by atoms with Crippen LogP contribution < -0.4 is 10.1 Å². The average Bonchev–Trinajstić information content (AvgIpc) is 3.09. The molecular weight excluding hydrogens is 403 g/mol. The van der Waals surface area contributed by atoms with Gasteiger partial charge in [0.2, 0.25) is 0 Å². The summed E-state index contributed by atoms with van der Waals surface area (Å²) in [5, 5.41) is 4.04. The second kappa shape index (κ2) is 7.56. The van der Waals surface area contributed by atoms with Gasteiger partial charge in [0, 0.05) is 0 Å². The summed E-state index contributed by atoms with van der Waals surface area (Å²) >= 11 is 13.5. The summed E-state index contributed by atoms with van der Waals surface area (Å²) in [7, 11) is 0. The van der Waals surface area contributed by atoms with E-state index in [1.807, 2.05) is 42.5 Å². The molecular formula is C20H12Cl2N2O2S. The van der Waals surface area contributed by atoms with Crippen LogP contribution in [0, 0.1) is 0 Å². The number of anilines is 1. The van der Waals surface area contributed by atoms with Gasteiger partial charge in [-0.05, 0) is 36.4 Å². The van der Waals surface area contributed by atoms with E-state index in [1.165, 1.54) is 11.3 Å². The fraction of sp³-hybridized carbons (Fsp3) is 0. The summed E-state index contributed by atoms with van der Waals surface area (Å²) in [5.74, 6) is 0.797. The molecule has 134 valence electrons. The number of carbonyl (C=O) groups is 1. The Morgan fingerprint density at radius 3 is 2.52 bits per heavy atom. The number of ether oxygens (including phenoxy) is 1. The standard InChI is InChI=1S/C20H12Cl2N2O2S/c21-14-10-11-16-18(17(14)22)23-20(27-16)24-19(25)13-8-4-5-9-15(13)26-12-6-2-1-3-7-12/h1-11H,(H,23,24,25). The summed E-state index contributed by atoms with van der Waals surface area (Å²) in [4.78, 5) is 17.2. The summed E-state index contributed by atoms with van der Waals surface area (Å²) < 4.78 is 6.69. The van der Waals surface area contributed by atoms with Gasteiger partial charge in [-0.1, -0.05) is 64.9 Å². The SMILES string of the molecule is O=C(Nc1nc2c(Cl)c(Cl)ccc2s1)c1ccccc1Oc1ccccc1. The summed E-state index contributed by atoms with van der Waals surface area (Å²) in [6.07, 6.45) is 0. The van der Waals surface area contributed by atoms with Crippen molar-refractivity contribution >= 4 is 55.8 Å². The fourth-order valence-corrected chi connectivity index (χ4v) is 3.80. The van der Waals surface area contributed by atoms with Crippen molar-refractivity contribution in [3.8, 4) is 11.5 Å². The number of carbonyl (C=O) groups excluding carboxylic acids is 1. The van der Waals surface area contributed by atoms with Gasteiger partial charge in [-0.15, -0.1) is 0 Å². The van der Waals surface area contributed by atoms with Crippen LogP contribution in [0.3, 0.4) is 0 Å². The Labute approximate surface area is 169 Å². The van der Waals surface area contributed by atoms with Crippen LogP contribution in [0.25, 0.3) is 10.2 Å². The van der Waals surface area contributed by atoms with Crippen LogP contribution in [-0.4, -0.2) is 10.9 Å². The third-order valence-corrected chi connectivity index (χ3v) is 5.51. The van der Waals surface area contributed by atoms with E-state index >= 15 is 0 Å². The number of amides is 1. The molecule has 4 aromatic rings. The molecule has 0 saturated carbocycles. The highest BCUT2D eigenvalue weighted by Gasteiger charge is 2.16. The number of nitrogens with zero attached hydrogens (tertiary/aromatic N) is 1. The van der Waals surface area contributed by atoms with Crippen LogP contribution in [0.1, 0.15) is 10.4 Å². The van der Waals surface area contributed by atoms with E-state index in [-0.39, 0.29) is 5.91 Å². The molecule has 4 nitrogen and oxygen atoms in total. The molecule has 1 N–H and O–H groups in total. The maximum Gasteiger partial charge on any atom is 0.261 e. The predicted octanol–water partition coefficient (Wildman–Crippen LogP) is 6.65. The number of halogens is 2. The number of thiazole rings is 1. The Kier molecular flexibility index (Phi) is 4.99. The molecule has 1 aromatic heterocycles. The molecule has 1 amide bonds. The van der Waals surface area contributed by atoms with Gasteiger partial charge in [-0.2, -0.15) is 0 Å². The molecule has 7 heteroatoms. The van der Waals surface area contributed by atoms with Crippen LogP contribution in [0.15, 0.2) is 66.7 Å². The molecule has 0 radical (unpaired) electrons. The Morgan fingerprint density at radius 1 is 0.963 bits per heavy atom. The zero-order valence-electron chi connectivity index (χ0n) is 13.8. The van der Waals surface area contributed by atoms with E-state index in [2.05, 4.69) is 10.3 Å². The van der Waals surface area contributed by atoms with E-state index in [0.29, 0.717) is 37.8 Å². The second-order valence-electron chi connectivity index (χ2n) is 5.59. The zero-order chi connectivity index (χ0) is 18.8. The lowest BCUT2D eigenvalue weighted by molar-refractivity contribution is 0.102. The van der Waals surface area contributed by atoms with Gasteiger partial charge in [0.15, 0.2) is 5.13 Å². The Hall–Kier alpha value is -2.60. The predicted molar refractivity (Wildman–Crippen MR) is 111 cm³/mol. The first kappa shape index (κ1) is 17.8. The molecule has 4 rings (SSSR count). The molecule has 0 aliphatic carbocycles. The first-order chi connectivity index (χ1) is 13.1. The molecule has 1 heterocycles. The van der Waals surface area contributed by atoms with Crippen LogP contribution in [0.4, 0.5) is 5.13 Å². The van der Waals surface area contributed by atoms with Crippen molar-refractivity contribution in [1.29, 1.82) is 0 Å². The van der Waals surface area contributed by atoms with Gasteiger partial charge < -0.3 is 4.74 Å². The van der Waals surface area contributed by atoms with Crippen molar-refractivity contribution in [2.45, 2.75) is 0 Å². The van der Waals surface area contributed by atoms with Crippen LogP contribution in [0.5, 0.6) is 11.5 Å². The van der Waals surface area contributed by atoms with E-state index < -0.39 is 0 Å². The minimum absolute atomic E-state index is 0.317. The Bertz CT molecular complexity index is 1130. The highest BCUT2D eigenvalue weighted by atomic mass is 35.5. The van der Waals surface area contributed by atoms with Gasteiger partial charge in [0.1, 0.15) is 17.0 Å². The number of aromatic nitrogens is 1. The molecule has 0 spiro atoms. The molecule has 0 aliphatic heterocycles. The van der Waals surface area contributed by atoms with Crippen molar-refractivity contribution in [1.82, 2.24) is 4.98 Å². The molecule has 0 saturated heterocycles. The second-order valence-corrected chi connectivity index (χ2v) is 7.41. The monoisotopic (exact) mass is 414 g/mol. The van der Waals surface area contributed by atoms with Crippen molar-refractivity contribution in [3.05, 3.63) is 82.3 Å². The number of nitrogens with one attached hydrogen (secondary N) is 1. The normalized spacial score (nSPS) is 10.7. The molecule has 0 aliphatic rings. The summed E-state index contributed by atoms with van der Waals surface area (Å²) in [6, 6.07) is 19.9. The quantitative estimate of drug-likeness (QED) is 0.406. The van der Waals surface area contributed by atoms with E-state index in [9.17, 15) is 4.79 Å². The summed E-state index contributed by atoms with van der Waals surface area (Å²) in [5.41, 5.74) is 0.975. The van der Waals surface area contributed by atoms with Crippen molar-refractivity contribution in [2.24, 2.45) is 0 Å². The van der Waals surface area contributed by atoms with Crippen LogP contribution in [-0.2, 0) is 0 Å². The van der Waals surface area contributed by atoms with Crippen molar-refractivity contribution in [3.63, 3.8) is 0 Å². The molecule has 27 heavy (non-hydrogen) atoms. The van der Waals surface area contributed by atoms with Crippen molar-refractivity contribution in [2.75, 3.05) is 5.32 Å². The number of benzene rings is 3. The zero-order valence-corrected chi connectivity index (χ0v) is 16.1. The Morgan fingerprint density at radius 2 is 1.70 bits per heavy atom. The fourth-order valence-electron chi connectivity index (χ4n) is 2.51. The molecule has 0 atom stereocenters. The highest BCUT2D eigenvalue weighted by molar-refractivity contribution is 7.22. The number of hydrogen-bond donors (Lipinski definition) is 1. The van der Waals surface area contributed by atoms with Gasteiger partial charge in [-0.25, -0.2) is 4.98 Å². The van der Waals surface area contributed by atoms with Crippen LogP contribution in [0.2, 0.25) is 10.0 Å². The van der Waals surface area contributed by atoms with E-state index in [1.54, 1.807) is 24.3 Å². The van der Waals surface area contributed by atoms with Crippen LogP contribution >= 0.6 is 34.5 Å². The van der Waals surface area contributed by atoms with Gasteiger partial charge in [0.25, 0.3) is 5.91 Å². The topological polar surface area (TPSA) is 51.2 Å². The van der Waals surface area contributed by atoms with E-state index in [0.717, 1.165) is 4.70 Å². The maximum absolute atomic E-state index is 12.8. The smallest absolute Gasteiger partial charge is 0.261 e. The first-order valence-electron chi connectivity index (χ1n) is 7.99. The lowest BCUT2D eigenvalue weighted by Crippen LogP contribution is -2.12. The van der Waals surface area contributed by atoms with E-state index in [4.69, 9.17) is 27.9 Å². The highest BCUT2D eigenvalue weighted by Crippen LogP contribution is 2.35. The minimum atomic E-state index is -0.317. The molecule has 0 bridgehead atoms. The van der Waals surface area contributed by atoms with Crippen molar-refractivity contribution < 1.29 is 9.53 Å². The third kappa shape index (κ3) is 3.76. The molecule has 0 fully saturated rings. The van der Waals surface area contributed by atoms with Gasteiger partial charge in [0.05, 0.1) is 20.3 Å². The summed E-state index contributed by atoms with van der Waals surface area (Å²) in [6.45, 7) is 0. The van der Waals surface area contributed by atoms with Gasteiger partial charge >= 0.3 is 0 Å². The first-order valence-corrected chi connectivity index (χ1v) is 9.57. The Balaban J connectivity index is 1.61. The lowest BCUT2D eigenvalue weighted by atomic mass is 10.2. The molecule has 3 aromatic carbocycles. The number of rotatable bonds is 4. The average molecular weight is 415 g/mol. The lowest BCUT2D eigenvalue weighted by Gasteiger charge is -2.10. The van der Waals surface area contributed by atoms with Gasteiger partial charge in [-0.3, -0.25) is 10.1 Å². The number of fused-ring (bicyclic) bond motifs is 1. The molecule has 0 unspecified atom stereocenters. The minimum Gasteiger partial charge on any atom is -0.457 e. The third-order valence-electron chi connectivity index (χ3n) is 3.78. The maximum atomic E-state index is 12.8. The number of para-hydroxylation sites is 2.